The van der Waals surface area contributed by atoms with E-state index in [1.807, 2.05) is 20.8 Å². The lowest BCUT2D eigenvalue weighted by Gasteiger charge is -2.16. The van der Waals surface area contributed by atoms with Crippen molar-refractivity contribution in [3.05, 3.63) is 17.5 Å². The molecule has 3 heteroatoms. The molecule has 0 atom stereocenters. The Kier molecular flexibility index (Phi) is 2.52. The molecule has 68 valence electrons. The van der Waals surface area contributed by atoms with Crippen LogP contribution in [0.3, 0.4) is 0 Å². The summed E-state index contributed by atoms with van der Waals surface area (Å²) < 4.78 is 0. The van der Waals surface area contributed by atoms with Crippen molar-refractivity contribution in [1.82, 2.24) is 10.2 Å². The Balaban J connectivity index is 2.44. The average Bonchev–Trinajstić information content (AvgIpc) is 2.30. The van der Waals surface area contributed by atoms with Crippen molar-refractivity contribution in [2.45, 2.75) is 39.2 Å². The van der Waals surface area contributed by atoms with Crippen molar-refractivity contribution in [2.24, 2.45) is 5.73 Å². The second kappa shape index (κ2) is 3.27. The van der Waals surface area contributed by atoms with Crippen LogP contribution < -0.4 is 5.73 Å². The van der Waals surface area contributed by atoms with E-state index in [4.69, 9.17) is 5.73 Å². The Hall–Kier alpha value is -0.830. The van der Waals surface area contributed by atoms with Gasteiger partial charge in [-0.2, -0.15) is 5.10 Å². The van der Waals surface area contributed by atoms with Crippen LogP contribution in [0.1, 0.15) is 31.7 Å². The zero-order valence-corrected chi connectivity index (χ0v) is 8.02. The average molecular weight is 167 g/mol. The van der Waals surface area contributed by atoms with E-state index in [-0.39, 0.29) is 5.54 Å². The van der Waals surface area contributed by atoms with E-state index in [0.717, 1.165) is 24.2 Å². The van der Waals surface area contributed by atoms with Crippen LogP contribution in [0.15, 0.2) is 6.07 Å². The van der Waals surface area contributed by atoms with Gasteiger partial charge in [0.1, 0.15) is 0 Å². The van der Waals surface area contributed by atoms with Crippen LogP contribution in [-0.4, -0.2) is 15.7 Å². The monoisotopic (exact) mass is 167 g/mol. The summed E-state index contributed by atoms with van der Waals surface area (Å²) in [5, 5.41) is 7.05. The number of aryl methyl sites for hydroxylation is 2. The summed E-state index contributed by atoms with van der Waals surface area (Å²) in [6.45, 7) is 6.07. The van der Waals surface area contributed by atoms with Gasteiger partial charge in [-0.15, -0.1) is 0 Å². The number of nitrogens with two attached hydrogens (primary N) is 1. The van der Waals surface area contributed by atoms with Crippen LogP contribution in [0.25, 0.3) is 0 Å². The molecule has 0 spiro atoms. The molecule has 0 aliphatic carbocycles. The normalized spacial score (nSPS) is 12.0. The molecule has 12 heavy (non-hydrogen) atoms. The molecule has 0 unspecified atom stereocenters. The molecule has 1 heterocycles. The summed E-state index contributed by atoms with van der Waals surface area (Å²) in [4.78, 5) is 0. The molecule has 0 bridgehead atoms. The Labute approximate surface area is 73.4 Å². The van der Waals surface area contributed by atoms with Gasteiger partial charge < -0.3 is 5.73 Å². The topological polar surface area (TPSA) is 54.7 Å². The Morgan fingerprint density at radius 3 is 2.67 bits per heavy atom. The molecule has 0 fully saturated rings. The smallest absolute Gasteiger partial charge is 0.0625 e. The van der Waals surface area contributed by atoms with Gasteiger partial charge in [-0.05, 0) is 39.7 Å². The number of nitrogens with zero attached hydrogens (tertiary/aromatic N) is 1. The van der Waals surface area contributed by atoms with Gasteiger partial charge in [0.15, 0.2) is 0 Å². The van der Waals surface area contributed by atoms with Crippen LogP contribution in [0.2, 0.25) is 0 Å². The minimum atomic E-state index is -0.0904. The van der Waals surface area contributed by atoms with E-state index >= 15 is 0 Å². The zero-order valence-electron chi connectivity index (χ0n) is 8.02. The molecule has 1 rings (SSSR count). The van der Waals surface area contributed by atoms with Crippen LogP contribution in [0.5, 0.6) is 0 Å². The van der Waals surface area contributed by atoms with Gasteiger partial charge in [-0.1, -0.05) is 0 Å². The first kappa shape index (κ1) is 9.26. The van der Waals surface area contributed by atoms with Crippen molar-refractivity contribution in [3.63, 3.8) is 0 Å². The maximum atomic E-state index is 5.85. The van der Waals surface area contributed by atoms with Crippen LogP contribution >= 0.6 is 0 Å². The standard InChI is InChI=1S/C9H17N3/c1-7-6-8(12-11-7)4-5-9(2,3)10/h6H,4-5,10H2,1-3H3,(H,11,12). The molecule has 1 aromatic rings. The molecular weight excluding hydrogens is 150 g/mol. The van der Waals surface area contributed by atoms with Gasteiger partial charge in [-0.25, -0.2) is 0 Å². The predicted molar refractivity (Wildman–Crippen MR) is 49.9 cm³/mol. The zero-order chi connectivity index (χ0) is 9.19. The molecule has 3 N–H and O–H groups in total. The van der Waals surface area contributed by atoms with E-state index in [1.165, 1.54) is 0 Å². The second-order valence-corrected chi connectivity index (χ2v) is 4.03. The maximum absolute atomic E-state index is 5.85. The number of rotatable bonds is 3. The summed E-state index contributed by atoms with van der Waals surface area (Å²) in [6, 6.07) is 2.06. The lowest BCUT2D eigenvalue weighted by atomic mass is 9.99. The highest BCUT2D eigenvalue weighted by atomic mass is 15.1. The Morgan fingerprint density at radius 2 is 2.25 bits per heavy atom. The van der Waals surface area contributed by atoms with E-state index in [0.29, 0.717) is 0 Å². The van der Waals surface area contributed by atoms with Crippen molar-refractivity contribution in [3.8, 4) is 0 Å². The van der Waals surface area contributed by atoms with Gasteiger partial charge in [0, 0.05) is 11.2 Å². The summed E-state index contributed by atoms with van der Waals surface area (Å²) >= 11 is 0. The minimum absolute atomic E-state index is 0.0904. The first-order valence-corrected chi connectivity index (χ1v) is 4.27. The number of nitrogens with one attached hydrogen (secondary N) is 1. The molecule has 0 radical (unpaired) electrons. The summed E-state index contributed by atoms with van der Waals surface area (Å²) in [7, 11) is 0. The van der Waals surface area contributed by atoms with Crippen molar-refractivity contribution in [1.29, 1.82) is 0 Å². The maximum Gasteiger partial charge on any atom is 0.0625 e. The number of H-pyrrole nitrogens is 1. The fourth-order valence-electron chi connectivity index (χ4n) is 1.05. The van der Waals surface area contributed by atoms with Crippen molar-refractivity contribution < 1.29 is 0 Å². The largest absolute Gasteiger partial charge is 0.326 e. The third kappa shape index (κ3) is 3.05. The van der Waals surface area contributed by atoms with Crippen LogP contribution in [-0.2, 0) is 6.42 Å². The molecule has 1 aromatic heterocycles. The highest BCUT2D eigenvalue weighted by molar-refractivity contribution is 5.07. The molecule has 3 nitrogen and oxygen atoms in total. The second-order valence-electron chi connectivity index (χ2n) is 4.03. The minimum Gasteiger partial charge on any atom is -0.326 e. The lowest BCUT2D eigenvalue weighted by Crippen LogP contribution is -2.32. The first-order valence-electron chi connectivity index (χ1n) is 4.27. The van der Waals surface area contributed by atoms with E-state index in [9.17, 15) is 0 Å². The summed E-state index contributed by atoms with van der Waals surface area (Å²) in [6.07, 6.45) is 1.92. The van der Waals surface area contributed by atoms with Crippen molar-refractivity contribution in [2.75, 3.05) is 0 Å². The SMILES string of the molecule is Cc1cc(CCC(C)(C)N)n[nH]1. The van der Waals surface area contributed by atoms with E-state index < -0.39 is 0 Å². The number of hydrogen-bond acceptors (Lipinski definition) is 2. The summed E-state index contributed by atoms with van der Waals surface area (Å²) in [5.74, 6) is 0. The molecule has 0 aliphatic rings. The van der Waals surface area contributed by atoms with Crippen molar-refractivity contribution >= 4 is 0 Å². The quantitative estimate of drug-likeness (QED) is 0.714. The molecule has 0 amide bonds. The third-order valence-corrected chi connectivity index (χ3v) is 1.78. The molecule has 0 saturated heterocycles. The lowest BCUT2D eigenvalue weighted by molar-refractivity contribution is 0.474. The molecule has 0 aromatic carbocycles. The fourth-order valence-corrected chi connectivity index (χ4v) is 1.05. The number of hydrogen-bond donors (Lipinski definition) is 2. The van der Waals surface area contributed by atoms with Gasteiger partial charge in [0.05, 0.1) is 5.69 Å². The Bertz CT molecular complexity index is 245. The number of aromatic amines is 1. The molecular formula is C9H17N3. The fraction of sp³-hybridized carbons (Fsp3) is 0.667. The van der Waals surface area contributed by atoms with Crippen LogP contribution in [0.4, 0.5) is 0 Å². The number of aromatic nitrogens is 2. The van der Waals surface area contributed by atoms with Gasteiger partial charge in [-0.3, -0.25) is 5.10 Å². The van der Waals surface area contributed by atoms with Gasteiger partial charge in [0.2, 0.25) is 0 Å². The first-order chi connectivity index (χ1) is 5.47. The third-order valence-electron chi connectivity index (χ3n) is 1.78. The molecule has 0 aliphatic heterocycles. The van der Waals surface area contributed by atoms with E-state index in [2.05, 4.69) is 16.3 Å². The van der Waals surface area contributed by atoms with Gasteiger partial charge in [0.25, 0.3) is 0 Å². The predicted octanol–water partition coefficient (Wildman–Crippen LogP) is 1.39. The highest BCUT2D eigenvalue weighted by Gasteiger charge is 2.11. The highest BCUT2D eigenvalue weighted by Crippen LogP contribution is 2.09. The Morgan fingerprint density at radius 1 is 1.58 bits per heavy atom. The molecule has 0 saturated carbocycles. The van der Waals surface area contributed by atoms with E-state index in [1.54, 1.807) is 0 Å². The van der Waals surface area contributed by atoms with Crippen LogP contribution in [0, 0.1) is 6.92 Å². The summed E-state index contributed by atoms with van der Waals surface area (Å²) in [5.41, 5.74) is 7.98. The van der Waals surface area contributed by atoms with Gasteiger partial charge >= 0.3 is 0 Å².